The number of nitrogens with zero attached hydrogens (tertiary/aromatic N) is 3. The Bertz CT molecular complexity index is 623. The summed E-state index contributed by atoms with van der Waals surface area (Å²) >= 11 is 0. The number of ether oxygens (including phenoxy) is 1. The lowest BCUT2D eigenvalue weighted by Crippen LogP contribution is -2.15. The third kappa shape index (κ3) is 3.78. The highest BCUT2D eigenvalue weighted by molar-refractivity contribution is 5.89. The van der Waals surface area contributed by atoms with E-state index in [1.165, 1.54) is 6.07 Å². The smallest absolute Gasteiger partial charge is 0.338 e. The van der Waals surface area contributed by atoms with Gasteiger partial charge < -0.3 is 10.1 Å². The fourth-order valence-electron chi connectivity index (χ4n) is 1.50. The van der Waals surface area contributed by atoms with Crippen LogP contribution in [0, 0.1) is 11.3 Å². The van der Waals surface area contributed by atoms with Crippen molar-refractivity contribution >= 4 is 11.9 Å². The topological polar surface area (TPSA) is 87.9 Å². The minimum atomic E-state index is -0.460. The lowest BCUT2D eigenvalue weighted by Gasteiger charge is -2.06. The van der Waals surface area contributed by atoms with E-state index in [0.29, 0.717) is 23.6 Å². The lowest BCUT2D eigenvalue weighted by atomic mass is 10.1. The van der Waals surface area contributed by atoms with Crippen molar-refractivity contribution in [3.63, 3.8) is 0 Å². The molecule has 1 N–H and O–H groups in total. The van der Waals surface area contributed by atoms with Crippen LogP contribution in [0.4, 0.5) is 5.95 Å². The van der Waals surface area contributed by atoms with Crippen LogP contribution in [-0.4, -0.2) is 29.1 Å². The number of hydrogen-bond donors (Lipinski definition) is 1. The van der Waals surface area contributed by atoms with E-state index < -0.39 is 5.97 Å². The Hall–Kier alpha value is -2.94. The maximum atomic E-state index is 11.7. The number of hydrogen-bond acceptors (Lipinski definition) is 6. The first-order valence-electron chi connectivity index (χ1n) is 5.98. The number of benzene rings is 1. The van der Waals surface area contributed by atoms with Crippen molar-refractivity contribution in [2.45, 2.75) is 0 Å². The van der Waals surface area contributed by atoms with Gasteiger partial charge in [0.15, 0.2) is 0 Å². The molecule has 2 rings (SSSR count). The van der Waals surface area contributed by atoms with Gasteiger partial charge in [-0.15, -0.1) is 0 Å². The van der Waals surface area contributed by atoms with Crippen molar-refractivity contribution in [2.24, 2.45) is 0 Å². The second kappa shape index (κ2) is 6.85. The van der Waals surface area contributed by atoms with Gasteiger partial charge in [0.05, 0.1) is 23.7 Å². The van der Waals surface area contributed by atoms with Gasteiger partial charge in [-0.1, -0.05) is 6.07 Å². The molecule has 0 spiro atoms. The van der Waals surface area contributed by atoms with E-state index >= 15 is 0 Å². The normalized spacial score (nSPS) is 9.55. The minimum absolute atomic E-state index is 0.188. The van der Waals surface area contributed by atoms with Crippen LogP contribution in [0.3, 0.4) is 0 Å². The van der Waals surface area contributed by atoms with Crippen LogP contribution >= 0.6 is 0 Å². The van der Waals surface area contributed by atoms with Crippen LogP contribution in [-0.2, 0) is 4.74 Å². The van der Waals surface area contributed by atoms with Crippen LogP contribution in [0.25, 0.3) is 0 Å². The van der Waals surface area contributed by atoms with Crippen molar-refractivity contribution in [1.29, 1.82) is 5.26 Å². The van der Waals surface area contributed by atoms with E-state index in [2.05, 4.69) is 15.3 Å². The van der Waals surface area contributed by atoms with E-state index in [1.807, 2.05) is 6.07 Å². The average Bonchev–Trinajstić information content (AvgIpc) is 2.52. The van der Waals surface area contributed by atoms with Gasteiger partial charge in [-0.25, -0.2) is 14.8 Å². The molecular formula is C14H12N4O2. The zero-order valence-electron chi connectivity index (χ0n) is 10.6. The number of anilines is 1. The van der Waals surface area contributed by atoms with Gasteiger partial charge in [0.25, 0.3) is 0 Å². The Balaban J connectivity index is 1.79. The highest BCUT2D eigenvalue weighted by atomic mass is 16.5. The summed E-state index contributed by atoms with van der Waals surface area (Å²) in [6.07, 6.45) is 3.24. The lowest BCUT2D eigenvalue weighted by molar-refractivity contribution is 0.0520. The number of nitrogens with one attached hydrogen (secondary N) is 1. The summed E-state index contributed by atoms with van der Waals surface area (Å²) in [5, 5.41) is 11.7. The van der Waals surface area contributed by atoms with Crippen LogP contribution in [0.2, 0.25) is 0 Å². The molecule has 0 aliphatic carbocycles. The summed E-state index contributed by atoms with van der Waals surface area (Å²) < 4.78 is 5.08. The molecule has 0 fully saturated rings. The van der Waals surface area contributed by atoms with Gasteiger partial charge in [-0.3, -0.25) is 0 Å². The molecule has 0 saturated carbocycles. The molecule has 0 atom stereocenters. The second-order valence-electron chi connectivity index (χ2n) is 3.83. The van der Waals surface area contributed by atoms with E-state index in [9.17, 15) is 4.79 Å². The third-order valence-corrected chi connectivity index (χ3v) is 2.41. The first-order chi connectivity index (χ1) is 9.79. The molecular weight excluding hydrogens is 256 g/mol. The molecule has 0 amide bonds. The molecule has 20 heavy (non-hydrogen) atoms. The van der Waals surface area contributed by atoms with Crippen LogP contribution in [0.5, 0.6) is 0 Å². The van der Waals surface area contributed by atoms with Crippen LogP contribution < -0.4 is 5.32 Å². The second-order valence-corrected chi connectivity index (χ2v) is 3.83. The summed E-state index contributed by atoms with van der Waals surface area (Å²) in [5.41, 5.74) is 0.787. The zero-order valence-corrected chi connectivity index (χ0v) is 10.6. The molecule has 0 radical (unpaired) electrons. The summed E-state index contributed by atoms with van der Waals surface area (Å²) in [6.45, 7) is 0.599. The van der Waals surface area contributed by atoms with Crippen LogP contribution in [0.15, 0.2) is 42.7 Å². The Labute approximate surface area is 116 Å². The Morgan fingerprint density at radius 1 is 1.30 bits per heavy atom. The molecule has 0 bridgehead atoms. The van der Waals surface area contributed by atoms with Gasteiger partial charge in [-0.2, -0.15) is 5.26 Å². The fraction of sp³-hybridized carbons (Fsp3) is 0.143. The number of carbonyl (C=O) groups is 1. The SMILES string of the molecule is N#Cc1cccc(C(=O)OCCNc2ncccn2)c1. The monoisotopic (exact) mass is 268 g/mol. The molecule has 1 aromatic heterocycles. The first kappa shape index (κ1) is 13.5. The van der Waals surface area contributed by atoms with Crippen molar-refractivity contribution in [1.82, 2.24) is 9.97 Å². The average molecular weight is 268 g/mol. The van der Waals surface area contributed by atoms with Crippen molar-refractivity contribution in [3.8, 4) is 6.07 Å². The number of rotatable bonds is 5. The minimum Gasteiger partial charge on any atom is -0.460 e. The molecule has 6 heteroatoms. The summed E-state index contributed by atoms with van der Waals surface area (Å²) in [6, 6.07) is 10.1. The molecule has 0 aliphatic heterocycles. The molecule has 0 unspecified atom stereocenters. The van der Waals surface area contributed by atoms with E-state index in [1.54, 1.807) is 36.7 Å². The van der Waals surface area contributed by atoms with E-state index in [4.69, 9.17) is 10.00 Å². The van der Waals surface area contributed by atoms with Crippen molar-refractivity contribution in [3.05, 3.63) is 53.9 Å². The zero-order chi connectivity index (χ0) is 14.2. The van der Waals surface area contributed by atoms with Gasteiger partial charge in [-0.05, 0) is 24.3 Å². The van der Waals surface area contributed by atoms with Crippen LogP contribution in [0.1, 0.15) is 15.9 Å². The largest absolute Gasteiger partial charge is 0.460 e. The molecule has 1 heterocycles. The van der Waals surface area contributed by atoms with Crippen molar-refractivity contribution in [2.75, 3.05) is 18.5 Å². The maximum Gasteiger partial charge on any atom is 0.338 e. The van der Waals surface area contributed by atoms with E-state index in [0.717, 1.165) is 0 Å². The number of aromatic nitrogens is 2. The summed E-state index contributed by atoms with van der Waals surface area (Å²) in [7, 11) is 0. The van der Waals surface area contributed by atoms with Gasteiger partial charge in [0.1, 0.15) is 6.61 Å². The Morgan fingerprint density at radius 3 is 2.85 bits per heavy atom. The molecule has 6 nitrogen and oxygen atoms in total. The maximum absolute atomic E-state index is 11.7. The molecule has 0 saturated heterocycles. The quantitative estimate of drug-likeness (QED) is 0.654. The van der Waals surface area contributed by atoms with E-state index in [-0.39, 0.29) is 6.61 Å². The van der Waals surface area contributed by atoms with Gasteiger partial charge in [0, 0.05) is 12.4 Å². The highest BCUT2D eigenvalue weighted by Gasteiger charge is 2.07. The highest BCUT2D eigenvalue weighted by Crippen LogP contribution is 2.05. The molecule has 1 aromatic carbocycles. The number of esters is 1. The first-order valence-corrected chi connectivity index (χ1v) is 5.98. The fourth-order valence-corrected chi connectivity index (χ4v) is 1.50. The Kier molecular flexibility index (Phi) is 4.62. The molecule has 2 aromatic rings. The predicted octanol–water partition coefficient (Wildman–Crippen LogP) is 1.62. The van der Waals surface area contributed by atoms with Crippen molar-refractivity contribution < 1.29 is 9.53 Å². The third-order valence-electron chi connectivity index (χ3n) is 2.41. The molecule has 100 valence electrons. The van der Waals surface area contributed by atoms with Gasteiger partial charge in [0.2, 0.25) is 5.95 Å². The number of nitriles is 1. The molecule has 0 aliphatic rings. The standard InChI is InChI=1S/C14H12N4O2/c15-10-11-3-1-4-12(9-11)13(19)20-8-7-18-14-16-5-2-6-17-14/h1-6,9H,7-8H2,(H,16,17,18). The predicted molar refractivity (Wildman–Crippen MR) is 72.0 cm³/mol. The number of carbonyl (C=O) groups excluding carboxylic acids is 1. The summed E-state index contributed by atoms with van der Waals surface area (Å²) in [4.78, 5) is 19.7. The van der Waals surface area contributed by atoms with Gasteiger partial charge >= 0.3 is 5.97 Å². The Morgan fingerprint density at radius 2 is 2.10 bits per heavy atom. The summed E-state index contributed by atoms with van der Waals surface area (Å²) in [5.74, 6) is 0.0212.